The molecular weight excluding hydrogens is 407 g/mol. The van der Waals surface area contributed by atoms with E-state index in [1.54, 1.807) is 36.4 Å². The van der Waals surface area contributed by atoms with Gasteiger partial charge in [-0.15, -0.1) is 0 Å². The molecule has 0 saturated carbocycles. The molecule has 0 spiro atoms. The van der Waals surface area contributed by atoms with Crippen LogP contribution in [0.3, 0.4) is 0 Å². The lowest BCUT2D eigenvalue weighted by atomic mass is 10.1. The quantitative estimate of drug-likeness (QED) is 0.641. The van der Waals surface area contributed by atoms with Gasteiger partial charge >= 0.3 is 0 Å². The Morgan fingerprint density at radius 3 is 2.41 bits per heavy atom. The molecule has 1 aromatic heterocycles. The molecular formula is C19H16Cl2N2O3S. The van der Waals surface area contributed by atoms with Gasteiger partial charge in [-0.2, -0.15) is 0 Å². The summed E-state index contributed by atoms with van der Waals surface area (Å²) in [6, 6.07) is 14.5. The van der Waals surface area contributed by atoms with E-state index in [9.17, 15) is 13.2 Å². The van der Waals surface area contributed by atoms with Crippen LogP contribution >= 0.6 is 23.2 Å². The Hall–Kier alpha value is -2.28. The Morgan fingerprint density at radius 2 is 1.74 bits per heavy atom. The summed E-state index contributed by atoms with van der Waals surface area (Å²) in [5.74, 6) is -0.726. The molecule has 1 heterocycles. The first kappa shape index (κ1) is 19.5. The molecule has 0 aliphatic carbocycles. The van der Waals surface area contributed by atoms with Crippen molar-refractivity contribution in [1.82, 2.24) is 9.71 Å². The van der Waals surface area contributed by atoms with Crippen LogP contribution in [0, 0.1) is 6.92 Å². The van der Waals surface area contributed by atoms with Crippen molar-refractivity contribution in [2.75, 3.05) is 0 Å². The van der Waals surface area contributed by atoms with Gasteiger partial charge in [0.15, 0.2) is 0 Å². The Balaban J connectivity index is 1.80. The van der Waals surface area contributed by atoms with Crippen LogP contribution in [0.5, 0.6) is 0 Å². The lowest BCUT2D eigenvalue weighted by Crippen LogP contribution is -2.30. The molecule has 3 rings (SSSR count). The average Bonchev–Trinajstić information content (AvgIpc) is 2.99. The van der Waals surface area contributed by atoms with E-state index in [1.165, 1.54) is 12.1 Å². The number of amides is 1. The number of nitrogens with one attached hydrogen (secondary N) is 2. The molecule has 0 fully saturated rings. The summed E-state index contributed by atoms with van der Waals surface area (Å²) >= 11 is 12.1. The minimum absolute atomic E-state index is 0.0230. The van der Waals surface area contributed by atoms with Crippen LogP contribution in [0.15, 0.2) is 59.5 Å². The summed E-state index contributed by atoms with van der Waals surface area (Å²) in [5, 5.41) is 1.07. The molecule has 0 saturated heterocycles. The number of hydrogen-bond donors (Lipinski definition) is 2. The standard InChI is InChI=1S/C19H16Cl2N2O3S/c1-12-14(9-13-7-8-15(20)11-17(13)21)10-18(22-12)19(24)23-27(25,26)16-5-3-2-4-6-16/h2-8,10-11,22H,9H2,1H3,(H,23,24). The zero-order valence-corrected chi connectivity index (χ0v) is 16.6. The monoisotopic (exact) mass is 422 g/mol. The molecule has 8 heteroatoms. The molecule has 0 radical (unpaired) electrons. The minimum atomic E-state index is -3.94. The maximum atomic E-state index is 12.4. The molecule has 1 amide bonds. The van der Waals surface area contributed by atoms with Gasteiger partial charge in [0, 0.05) is 22.2 Å². The molecule has 0 unspecified atom stereocenters. The van der Waals surface area contributed by atoms with Crippen LogP contribution in [0.25, 0.3) is 0 Å². The van der Waals surface area contributed by atoms with Gasteiger partial charge < -0.3 is 4.98 Å². The number of aryl methyl sites for hydroxylation is 1. The number of hydrogen-bond acceptors (Lipinski definition) is 3. The van der Waals surface area contributed by atoms with E-state index in [1.807, 2.05) is 13.0 Å². The van der Waals surface area contributed by atoms with Crippen LogP contribution in [-0.2, 0) is 16.4 Å². The van der Waals surface area contributed by atoms with Crippen molar-refractivity contribution in [2.24, 2.45) is 0 Å². The van der Waals surface area contributed by atoms with Gasteiger partial charge in [-0.3, -0.25) is 4.79 Å². The van der Waals surface area contributed by atoms with E-state index in [4.69, 9.17) is 23.2 Å². The van der Waals surface area contributed by atoms with Gasteiger partial charge in [0.2, 0.25) is 0 Å². The van der Waals surface area contributed by atoms with Crippen LogP contribution in [0.2, 0.25) is 10.0 Å². The lowest BCUT2D eigenvalue weighted by Gasteiger charge is -2.05. The number of aromatic nitrogens is 1. The molecule has 0 atom stereocenters. The number of sulfonamides is 1. The zero-order chi connectivity index (χ0) is 19.6. The molecule has 3 aromatic rings. The molecule has 2 aromatic carbocycles. The number of halogens is 2. The van der Waals surface area contributed by atoms with Crippen LogP contribution in [0.4, 0.5) is 0 Å². The van der Waals surface area contributed by atoms with E-state index in [0.717, 1.165) is 16.8 Å². The summed E-state index contributed by atoms with van der Waals surface area (Å²) in [4.78, 5) is 15.3. The van der Waals surface area contributed by atoms with Gasteiger partial charge in [-0.05, 0) is 48.4 Å². The van der Waals surface area contributed by atoms with E-state index >= 15 is 0 Å². The van der Waals surface area contributed by atoms with Crippen LogP contribution in [0.1, 0.15) is 27.3 Å². The third-order valence-corrected chi connectivity index (χ3v) is 5.98. The van der Waals surface area contributed by atoms with Crippen LogP contribution in [-0.4, -0.2) is 19.3 Å². The van der Waals surface area contributed by atoms with Crippen molar-refractivity contribution in [3.63, 3.8) is 0 Å². The minimum Gasteiger partial charge on any atom is -0.354 e. The topological polar surface area (TPSA) is 79.0 Å². The number of carbonyl (C=O) groups is 1. The Morgan fingerprint density at radius 1 is 1.04 bits per heavy atom. The van der Waals surface area contributed by atoms with Crippen molar-refractivity contribution in [3.8, 4) is 0 Å². The molecule has 0 aliphatic rings. The second-order valence-corrected chi connectivity index (χ2v) is 8.52. The fourth-order valence-electron chi connectivity index (χ4n) is 2.61. The van der Waals surface area contributed by atoms with E-state index in [-0.39, 0.29) is 10.6 Å². The number of H-pyrrole nitrogens is 1. The third kappa shape index (κ3) is 4.53. The summed E-state index contributed by atoms with van der Waals surface area (Å²) in [7, 11) is -3.94. The first-order valence-electron chi connectivity index (χ1n) is 8.01. The van der Waals surface area contributed by atoms with Gasteiger partial charge in [0.25, 0.3) is 15.9 Å². The maximum absolute atomic E-state index is 12.4. The Labute approximate surface area is 167 Å². The van der Waals surface area contributed by atoms with Gasteiger partial charge in [0.1, 0.15) is 5.69 Å². The van der Waals surface area contributed by atoms with E-state index in [2.05, 4.69) is 9.71 Å². The van der Waals surface area contributed by atoms with Crippen molar-refractivity contribution in [2.45, 2.75) is 18.2 Å². The number of aromatic amines is 1. The summed E-state index contributed by atoms with van der Waals surface area (Å²) < 4.78 is 26.7. The van der Waals surface area contributed by atoms with Crippen molar-refractivity contribution >= 4 is 39.1 Å². The number of carbonyl (C=O) groups excluding carboxylic acids is 1. The SMILES string of the molecule is Cc1[nH]c(C(=O)NS(=O)(=O)c2ccccc2)cc1Cc1ccc(Cl)cc1Cl. The number of rotatable bonds is 5. The highest BCUT2D eigenvalue weighted by Crippen LogP contribution is 2.25. The van der Waals surface area contributed by atoms with E-state index in [0.29, 0.717) is 16.5 Å². The highest BCUT2D eigenvalue weighted by Gasteiger charge is 2.20. The Bertz CT molecular complexity index is 1090. The van der Waals surface area contributed by atoms with Crippen LogP contribution < -0.4 is 4.72 Å². The van der Waals surface area contributed by atoms with Gasteiger partial charge in [-0.1, -0.05) is 47.5 Å². The predicted molar refractivity (Wildman–Crippen MR) is 106 cm³/mol. The fraction of sp³-hybridized carbons (Fsp3) is 0.105. The fourth-order valence-corrected chi connectivity index (χ4v) is 4.08. The van der Waals surface area contributed by atoms with Gasteiger partial charge in [0.05, 0.1) is 4.90 Å². The second-order valence-electron chi connectivity index (χ2n) is 5.99. The summed E-state index contributed by atoms with van der Waals surface area (Å²) in [6.07, 6.45) is 0.483. The largest absolute Gasteiger partial charge is 0.354 e. The van der Waals surface area contributed by atoms with Gasteiger partial charge in [-0.25, -0.2) is 13.1 Å². The molecule has 27 heavy (non-hydrogen) atoms. The molecule has 0 bridgehead atoms. The molecule has 140 valence electrons. The molecule has 0 aliphatic heterocycles. The smallest absolute Gasteiger partial charge is 0.281 e. The number of benzene rings is 2. The highest BCUT2D eigenvalue weighted by molar-refractivity contribution is 7.90. The Kier molecular flexibility index (Phi) is 5.60. The van der Waals surface area contributed by atoms with Crippen molar-refractivity contribution in [3.05, 3.63) is 87.2 Å². The maximum Gasteiger partial charge on any atom is 0.281 e. The average molecular weight is 423 g/mol. The molecule has 2 N–H and O–H groups in total. The van der Waals surface area contributed by atoms with Crippen molar-refractivity contribution < 1.29 is 13.2 Å². The normalized spacial score (nSPS) is 11.4. The predicted octanol–water partition coefficient (Wildman–Crippen LogP) is 4.34. The summed E-state index contributed by atoms with van der Waals surface area (Å²) in [5.41, 5.74) is 2.60. The zero-order valence-electron chi connectivity index (χ0n) is 14.3. The van der Waals surface area contributed by atoms with E-state index < -0.39 is 15.9 Å². The lowest BCUT2D eigenvalue weighted by molar-refractivity contribution is 0.0977. The summed E-state index contributed by atoms with van der Waals surface area (Å²) in [6.45, 7) is 1.81. The third-order valence-electron chi connectivity index (χ3n) is 4.04. The molecule has 5 nitrogen and oxygen atoms in total. The first-order valence-corrected chi connectivity index (χ1v) is 10.2. The second kappa shape index (κ2) is 7.76. The van der Waals surface area contributed by atoms with Crippen molar-refractivity contribution in [1.29, 1.82) is 0 Å². The highest BCUT2D eigenvalue weighted by atomic mass is 35.5. The first-order chi connectivity index (χ1) is 12.8.